The number of unbranched alkanes of at least 4 members (excludes halogenated alkanes) is 1. The molecular formula is C23H30N2O7. The second kappa shape index (κ2) is 13.8. The number of rotatable bonds is 10. The van der Waals surface area contributed by atoms with Gasteiger partial charge in [-0.1, -0.05) is 31.5 Å². The van der Waals surface area contributed by atoms with Crippen molar-refractivity contribution in [2.75, 3.05) is 27.2 Å². The van der Waals surface area contributed by atoms with Crippen molar-refractivity contribution in [1.29, 1.82) is 0 Å². The molecule has 2 aromatic rings. The Balaban J connectivity index is 0.000000547. The van der Waals surface area contributed by atoms with Crippen molar-refractivity contribution in [3.63, 3.8) is 0 Å². The van der Waals surface area contributed by atoms with Crippen molar-refractivity contribution in [2.24, 2.45) is 0 Å². The molecule has 9 heteroatoms. The van der Waals surface area contributed by atoms with E-state index < -0.39 is 11.9 Å². The molecule has 1 aromatic carbocycles. The summed E-state index contributed by atoms with van der Waals surface area (Å²) in [5, 5.41) is 16.8. The largest absolute Gasteiger partial charge is 0.478 e. The molecule has 0 saturated carbocycles. The topological polar surface area (TPSA) is 126 Å². The van der Waals surface area contributed by atoms with E-state index in [2.05, 4.69) is 4.90 Å². The fourth-order valence-electron chi connectivity index (χ4n) is 2.76. The molecule has 0 fully saturated rings. The van der Waals surface area contributed by atoms with Crippen molar-refractivity contribution in [1.82, 2.24) is 9.47 Å². The standard InChI is InChI=1S/C19H26N2O3.C4H4O4/c1-4-5-13-24-19(23)17-14-21(12-8-11-20(2)3)18(22)16-10-7-6-9-15(16)17;5-3(6)1-2-4(7)8/h6-7,9-10,14H,4-5,8,11-13H2,1-3H3;1-2H,(H,5,6)(H,7,8)/b;2-1-. The van der Waals surface area contributed by atoms with Gasteiger partial charge in [-0.2, -0.15) is 0 Å². The summed E-state index contributed by atoms with van der Waals surface area (Å²) in [7, 11) is 4.00. The summed E-state index contributed by atoms with van der Waals surface area (Å²) in [5.74, 6) is -2.87. The number of hydrogen-bond donors (Lipinski definition) is 2. The number of benzene rings is 1. The number of hydrogen-bond acceptors (Lipinski definition) is 6. The normalized spacial score (nSPS) is 10.8. The van der Waals surface area contributed by atoms with Crippen LogP contribution in [0.25, 0.3) is 10.8 Å². The van der Waals surface area contributed by atoms with Gasteiger partial charge in [-0.25, -0.2) is 14.4 Å². The summed E-state index contributed by atoms with van der Waals surface area (Å²) >= 11 is 0. The molecule has 2 rings (SSSR count). The summed E-state index contributed by atoms with van der Waals surface area (Å²) < 4.78 is 6.98. The Morgan fingerprint density at radius 1 is 1.03 bits per heavy atom. The highest BCUT2D eigenvalue weighted by Crippen LogP contribution is 2.17. The van der Waals surface area contributed by atoms with Gasteiger partial charge in [-0.05, 0) is 39.5 Å². The lowest BCUT2D eigenvalue weighted by molar-refractivity contribution is -0.134. The number of esters is 1. The lowest BCUT2D eigenvalue weighted by Gasteiger charge is -2.13. The highest BCUT2D eigenvalue weighted by Gasteiger charge is 2.15. The van der Waals surface area contributed by atoms with E-state index in [1.165, 1.54) is 0 Å². The van der Waals surface area contributed by atoms with E-state index in [9.17, 15) is 19.2 Å². The first-order valence-electron chi connectivity index (χ1n) is 10.2. The van der Waals surface area contributed by atoms with Crippen molar-refractivity contribution < 1.29 is 29.3 Å². The zero-order valence-corrected chi connectivity index (χ0v) is 18.6. The van der Waals surface area contributed by atoms with Gasteiger partial charge in [0.15, 0.2) is 0 Å². The predicted octanol–water partition coefficient (Wildman–Crippen LogP) is 2.62. The van der Waals surface area contributed by atoms with Crippen LogP contribution in [-0.4, -0.2) is 64.8 Å². The average Bonchev–Trinajstić information content (AvgIpc) is 2.74. The Morgan fingerprint density at radius 3 is 2.16 bits per heavy atom. The third-order valence-corrected chi connectivity index (χ3v) is 4.32. The number of fused-ring (bicyclic) bond motifs is 1. The number of aliphatic carboxylic acids is 2. The van der Waals surface area contributed by atoms with E-state index in [1.54, 1.807) is 22.9 Å². The zero-order valence-electron chi connectivity index (χ0n) is 18.6. The van der Waals surface area contributed by atoms with Crippen LogP contribution in [0.15, 0.2) is 47.4 Å². The van der Waals surface area contributed by atoms with Crippen LogP contribution in [0.4, 0.5) is 0 Å². The van der Waals surface area contributed by atoms with Crippen molar-refractivity contribution in [2.45, 2.75) is 32.7 Å². The van der Waals surface area contributed by atoms with E-state index in [-0.39, 0.29) is 11.5 Å². The third-order valence-electron chi connectivity index (χ3n) is 4.32. The van der Waals surface area contributed by atoms with Gasteiger partial charge in [0.05, 0.1) is 12.2 Å². The van der Waals surface area contributed by atoms with Crippen LogP contribution >= 0.6 is 0 Å². The van der Waals surface area contributed by atoms with Gasteiger partial charge in [-0.3, -0.25) is 4.79 Å². The maximum atomic E-state index is 12.6. The molecule has 0 aliphatic rings. The van der Waals surface area contributed by atoms with E-state index >= 15 is 0 Å². The minimum atomic E-state index is -1.26. The molecule has 0 spiro atoms. The molecule has 0 aliphatic heterocycles. The van der Waals surface area contributed by atoms with Crippen LogP contribution in [0.2, 0.25) is 0 Å². The number of carboxylic acid groups (broad SMARTS) is 2. The highest BCUT2D eigenvalue weighted by molar-refractivity contribution is 6.03. The zero-order chi connectivity index (χ0) is 24.1. The Labute approximate surface area is 186 Å². The molecule has 0 saturated heterocycles. The number of carbonyl (C=O) groups is 3. The van der Waals surface area contributed by atoms with Gasteiger partial charge in [-0.15, -0.1) is 0 Å². The first-order valence-corrected chi connectivity index (χ1v) is 10.2. The van der Waals surface area contributed by atoms with Crippen molar-refractivity contribution >= 4 is 28.7 Å². The fourth-order valence-corrected chi connectivity index (χ4v) is 2.76. The second-order valence-corrected chi connectivity index (χ2v) is 7.24. The smallest absolute Gasteiger partial charge is 0.340 e. The van der Waals surface area contributed by atoms with Gasteiger partial charge >= 0.3 is 17.9 Å². The Kier molecular flexibility index (Phi) is 11.4. The van der Waals surface area contributed by atoms with Crippen molar-refractivity contribution in [3.8, 4) is 0 Å². The Bertz CT molecular complexity index is 993. The summed E-state index contributed by atoms with van der Waals surface area (Å²) in [6.45, 7) is 3.92. The average molecular weight is 447 g/mol. The molecule has 0 radical (unpaired) electrons. The summed E-state index contributed by atoms with van der Waals surface area (Å²) in [6.07, 6.45) is 5.42. The highest BCUT2D eigenvalue weighted by atomic mass is 16.5. The van der Waals surface area contributed by atoms with E-state index in [0.717, 1.165) is 25.8 Å². The van der Waals surface area contributed by atoms with Crippen LogP contribution in [0.3, 0.4) is 0 Å². The lowest BCUT2D eigenvalue weighted by atomic mass is 10.1. The molecule has 0 unspecified atom stereocenters. The lowest BCUT2D eigenvalue weighted by Crippen LogP contribution is -2.24. The third kappa shape index (κ3) is 9.13. The van der Waals surface area contributed by atoms with Crippen LogP contribution < -0.4 is 5.56 Å². The molecule has 2 N–H and O–H groups in total. The molecule has 0 aliphatic carbocycles. The molecule has 174 valence electrons. The monoisotopic (exact) mass is 446 g/mol. The van der Waals surface area contributed by atoms with Crippen molar-refractivity contribution in [3.05, 3.63) is 58.5 Å². The number of carbonyl (C=O) groups excluding carboxylic acids is 1. The van der Waals surface area contributed by atoms with Crippen LogP contribution in [0, 0.1) is 0 Å². The number of pyridine rings is 1. The van der Waals surface area contributed by atoms with Gasteiger partial charge < -0.3 is 24.4 Å². The number of aromatic nitrogens is 1. The summed E-state index contributed by atoms with van der Waals surface area (Å²) in [5.41, 5.74) is 0.403. The van der Waals surface area contributed by atoms with Crippen LogP contribution in [0.1, 0.15) is 36.5 Å². The predicted molar refractivity (Wildman–Crippen MR) is 121 cm³/mol. The maximum Gasteiger partial charge on any atom is 0.340 e. The quantitative estimate of drug-likeness (QED) is 0.324. The molecule has 1 heterocycles. The van der Waals surface area contributed by atoms with E-state index in [1.807, 2.05) is 33.2 Å². The van der Waals surface area contributed by atoms with Gasteiger partial charge in [0.25, 0.3) is 5.56 Å². The minimum Gasteiger partial charge on any atom is -0.478 e. The molecular weight excluding hydrogens is 416 g/mol. The number of nitrogens with zero attached hydrogens (tertiary/aromatic N) is 2. The summed E-state index contributed by atoms with van der Waals surface area (Å²) in [4.78, 5) is 46.3. The van der Waals surface area contributed by atoms with Crippen LogP contribution in [0.5, 0.6) is 0 Å². The van der Waals surface area contributed by atoms with E-state index in [4.69, 9.17) is 14.9 Å². The minimum absolute atomic E-state index is 0.0607. The molecule has 0 bridgehead atoms. The van der Waals surface area contributed by atoms with Gasteiger partial charge in [0, 0.05) is 35.7 Å². The fraction of sp³-hybridized carbons (Fsp3) is 0.391. The van der Waals surface area contributed by atoms with Crippen LogP contribution in [-0.2, 0) is 20.9 Å². The molecule has 1 aromatic heterocycles. The van der Waals surface area contributed by atoms with Gasteiger partial charge in [0.2, 0.25) is 0 Å². The molecule has 0 atom stereocenters. The molecule has 0 amide bonds. The number of aryl methyl sites for hydroxylation is 1. The second-order valence-electron chi connectivity index (χ2n) is 7.24. The number of ether oxygens (including phenoxy) is 1. The molecule has 32 heavy (non-hydrogen) atoms. The Morgan fingerprint density at radius 2 is 1.62 bits per heavy atom. The summed E-state index contributed by atoms with van der Waals surface area (Å²) in [6, 6.07) is 7.22. The Hall–Kier alpha value is -3.46. The van der Waals surface area contributed by atoms with E-state index in [0.29, 0.717) is 41.6 Å². The first kappa shape index (κ1) is 26.6. The first-order chi connectivity index (χ1) is 15.2. The van der Waals surface area contributed by atoms with Gasteiger partial charge in [0.1, 0.15) is 0 Å². The maximum absolute atomic E-state index is 12.6. The number of carboxylic acids is 2. The molecule has 9 nitrogen and oxygen atoms in total. The SMILES string of the molecule is CCCCOC(=O)c1cn(CCCN(C)C)c(=O)c2ccccc12.O=C(O)/C=C\C(=O)O.